The van der Waals surface area contributed by atoms with E-state index in [4.69, 9.17) is 9.72 Å². The molecule has 2 amide bonds. The first kappa shape index (κ1) is 20.0. The zero-order valence-corrected chi connectivity index (χ0v) is 17.6. The van der Waals surface area contributed by atoms with Crippen molar-refractivity contribution in [3.63, 3.8) is 0 Å². The van der Waals surface area contributed by atoms with E-state index in [1.165, 1.54) is 11.3 Å². The molecule has 152 valence electrons. The molecule has 0 radical (unpaired) electrons. The van der Waals surface area contributed by atoms with Gasteiger partial charge in [-0.05, 0) is 50.1 Å². The number of aromatic nitrogens is 2. The highest BCUT2D eigenvalue weighted by atomic mass is 32.1. The van der Waals surface area contributed by atoms with Crippen LogP contribution in [-0.2, 0) is 4.74 Å². The predicted molar refractivity (Wildman–Crippen MR) is 116 cm³/mol. The highest BCUT2D eigenvalue weighted by Gasteiger charge is 2.21. The first-order valence-corrected chi connectivity index (χ1v) is 10.5. The molecule has 30 heavy (non-hydrogen) atoms. The van der Waals surface area contributed by atoms with E-state index < -0.39 is 0 Å². The number of anilines is 1. The van der Waals surface area contributed by atoms with Gasteiger partial charge < -0.3 is 9.64 Å². The van der Waals surface area contributed by atoms with Crippen LogP contribution < -0.4 is 5.32 Å². The largest absolute Gasteiger partial charge is 0.361 e. The van der Waals surface area contributed by atoms with E-state index in [0.29, 0.717) is 23.8 Å². The van der Waals surface area contributed by atoms with Crippen LogP contribution in [-0.4, -0.2) is 40.8 Å². The molecule has 1 saturated heterocycles. The Morgan fingerprint density at radius 2 is 2.00 bits per heavy atom. The SMILES string of the molecule is Cc1cc(-c2sc(NC(=O)N3CCCOC3)nc2-c2cccc(C#N)c2)cc(C)n1. The van der Waals surface area contributed by atoms with E-state index in [-0.39, 0.29) is 12.8 Å². The van der Waals surface area contributed by atoms with Gasteiger partial charge in [-0.15, -0.1) is 0 Å². The summed E-state index contributed by atoms with van der Waals surface area (Å²) in [6, 6.07) is 13.3. The lowest BCUT2D eigenvalue weighted by Gasteiger charge is -2.26. The van der Waals surface area contributed by atoms with Crippen molar-refractivity contribution in [2.75, 3.05) is 25.2 Å². The van der Waals surface area contributed by atoms with Gasteiger partial charge in [0.25, 0.3) is 0 Å². The van der Waals surface area contributed by atoms with Gasteiger partial charge in [-0.25, -0.2) is 9.78 Å². The number of nitrogens with zero attached hydrogens (tertiary/aromatic N) is 4. The molecule has 0 unspecified atom stereocenters. The standard InChI is InChI=1S/C22H21N5O2S/c1-14-9-18(10-15(2)24-14)20-19(17-6-3-5-16(11-17)12-23)25-21(30-20)26-22(28)27-7-4-8-29-13-27/h3,5-6,9-11H,4,7-8,13H2,1-2H3,(H,25,26,28). The molecule has 0 bridgehead atoms. The Hall–Kier alpha value is -3.28. The highest BCUT2D eigenvalue weighted by molar-refractivity contribution is 7.19. The molecule has 2 aromatic heterocycles. The van der Waals surface area contributed by atoms with Gasteiger partial charge in [-0.2, -0.15) is 5.26 Å². The van der Waals surface area contributed by atoms with Crippen molar-refractivity contribution in [3.05, 3.63) is 53.3 Å². The van der Waals surface area contributed by atoms with E-state index >= 15 is 0 Å². The molecule has 3 aromatic rings. The number of benzene rings is 1. The van der Waals surface area contributed by atoms with Crippen molar-refractivity contribution in [3.8, 4) is 27.8 Å². The number of carbonyl (C=O) groups is 1. The number of urea groups is 1. The van der Waals surface area contributed by atoms with Crippen molar-refractivity contribution in [1.82, 2.24) is 14.9 Å². The fourth-order valence-electron chi connectivity index (χ4n) is 3.39. The number of hydrogen-bond donors (Lipinski definition) is 1. The minimum absolute atomic E-state index is 0.227. The van der Waals surface area contributed by atoms with Crippen LogP contribution in [0.5, 0.6) is 0 Å². The Labute approximate surface area is 179 Å². The fraction of sp³-hybridized carbons (Fsp3) is 0.273. The Balaban J connectivity index is 1.75. The van der Waals surface area contributed by atoms with Crippen LogP contribution in [0.4, 0.5) is 9.93 Å². The molecule has 8 heteroatoms. The van der Waals surface area contributed by atoms with Crippen LogP contribution in [0, 0.1) is 25.2 Å². The van der Waals surface area contributed by atoms with Crippen molar-refractivity contribution in [2.24, 2.45) is 0 Å². The topological polar surface area (TPSA) is 91.1 Å². The van der Waals surface area contributed by atoms with Crippen molar-refractivity contribution in [1.29, 1.82) is 5.26 Å². The quantitative estimate of drug-likeness (QED) is 0.671. The summed E-state index contributed by atoms with van der Waals surface area (Å²) in [5.41, 5.74) is 4.92. The van der Waals surface area contributed by atoms with Gasteiger partial charge in [0.2, 0.25) is 0 Å². The zero-order valence-electron chi connectivity index (χ0n) is 16.8. The number of rotatable bonds is 3. The molecule has 4 rings (SSSR count). The number of nitriles is 1. The first-order valence-electron chi connectivity index (χ1n) is 9.64. The van der Waals surface area contributed by atoms with Gasteiger partial charge in [0.05, 0.1) is 28.8 Å². The van der Waals surface area contributed by atoms with Gasteiger partial charge in [0, 0.05) is 23.5 Å². The Morgan fingerprint density at radius 3 is 2.70 bits per heavy atom. The van der Waals surface area contributed by atoms with E-state index in [1.807, 2.05) is 44.2 Å². The summed E-state index contributed by atoms with van der Waals surface area (Å²) in [6.45, 7) is 5.51. The van der Waals surface area contributed by atoms with Crippen LogP contribution >= 0.6 is 11.3 Å². The molecule has 3 heterocycles. The summed E-state index contributed by atoms with van der Waals surface area (Å²) in [5.74, 6) is 0. The summed E-state index contributed by atoms with van der Waals surface area (Å²) >= 11 is 1.41. The molecule has 7 nitrogen and oxygen atoms in total. The number of aryl methyl sites for hydroxylation is 2. The lowest BCUT2D eigenvalue weighted by Crippen LogP contribution is -2.40. The summed E-state index contributed by atoms with van der Waals surface area (Å²) in [4.78, 5) is 24.3. The number of thiazole rings is 1. The second kappa shape index (κ2) is 8.61. The maximum absolute atomic E-state index is 12.6. The van der Waals surface area contributed by atoms with E-state index in [2.05, 4.69) is 16.4 Å². The van der Waals surface area contributed by atoms with Gasteiger partial charge in [-0.1, -0.05) is 23.5 Å². The molecular formula is C22H21N5O2S. The maximum Gasteiger partial charge on any atom is 0.325 e. The minimum atomic E-state index is -0.227. The lowest BCUT2D eigenvalue weighted by molar-refractivity contribution is 0.0122. The van der Waals surface area contributed by atoms with Crippen molar-refractivity contribution >= 4 is 22.5 Å². The third kappa shape index (κ3) is 4.32. The lowest BCUT2D eigenvalue weighted by atomic mass is 10.0. The molecule has 0 aliphatic carbocycles. The Kier molecular flexibility index (Phi) is 5.74. The summed E-state index contributed by atoms with van der Waals surface area (Å²) < 4.78 is 5.37. The molecule has 1 aliphatic rings. The fourth-order valence-corrected chi connectivity index (χ4v) is 4.36. The number of pyridine rings is 1. The molecular weight excluding hydrogens is 398 g/mol. The molecule has 0 saturated carbocycles. The number of nitrogens with one attached hydrogen (secondary N) is 1. The van der Waals surface area contributed by atoms with E-state index in [0.717, 1.165) is 39.5 Å². The zero-order chi connectivity index (χ0) is 21.1. The minimum Gasteiger partial charge on any atom is -0.361 e. The first-order chi connectivity index (χ1) is 14.5. The second-order valence-corrected chi connectivity index (χ2v) is 8.11. The predicted octanol–water partition coefficient (Wildman–Crippen LogP) is 4.57. The highest BCUT2D eigenvalue weighted by Crippen LogP contribution is 2.39. The van der Waals surface area contributed by atoms with Gasteiger partial charge in [-0.3, -0.25) is 10.3 Å². The van der Waals surface area contributed by atoms with Crippen LogP contribution in [0.2, 0.25) is 0 Å². The average molecular weight is 420 g/mol. The van der Waals surface area contributed by atoms with Gasteiger partial charge in [0.15, 0.2) is 5.13 Å². The number of carbonyl (C=O) groups excluding carboxylic acids is 1. The molecule has 1 aliphatic heterocycles. The number of amides is 2. The van der Waals surface area contributed by atoms with Crippen LogP contribution in [0.15, 0.2) is 36.4 Å². The third-order valence-corrected chi connectivity index (χ3v) is 5.72. The summed E-state index contributed by atoms with van der Waals surface area (Å²) in [6.07, 6.45) is 0.818. The maximum atomic E-state index is 12.6. The molecule has 1 N–H and O–H groups in total. The summed E-state index contributed by atoms with van der Waals surface area (Å²) in [7, 11) is 0. The van der Waals surface area contributed by atoms with Gasteiger partial charge >= 0.3 is 6.03 Å². The average Bonchev–Trinajstić information content (AvgIpc) is 3.17. The normalized spacial score (nSPS) is 13.7. The van der Waals surface area contributed by atoms with Crippen molar-refractivity contribution < 1.29 is 9.53 Å². The third-order valence-electron chi connectivity index (χ3n) is 4.70. The van der Waals surface area contributed by atoms with Crippen LogP contribution in [0.1, 0.15) is 23.4 Å². The molecule has 1 aromatic carbocycles. The second-order valence-electron chi connectivity index (χ2n) is 7.11. The smallest absolute Gasteiger partial charge is 0.325 e. The summed E-state index contributed by atoms with van der Waals surface area (Å²) in [5, 5.41) is 12.7. The van der Waals surface area contributed by atoms with E-state index in [9.17, 15) is 10.1 Å². The van der Waals surface area contributed by atoms with Crippen LogP contribution in [0.3, 0.4) is 0 Å². The Bertz CT molecular complexity index is 1110. The number of ether oxygens (including phenoxy) is 1. The molecule has 1 fully saturated rings. The van der Waals surface area contributed by atoms with Crippen LogP contribution in [0.25, 0.3) is 21.7 Å². The molecule has 0 spiro atoms. The van der Waals surface area contributed by atoms with Crippen molar-refractivity contribution in [2.45, 2.75) is 20.3 Å². The Morgan fingerprint density at radius 1 is 1.20 bits per heavy atom. The monoisotopic (exact) mass is 419 g/mol. The number of hydrogen-bond acceptors (Lipinski definition) is 6. The van der Waals surface area contributed by atoms with Gasteiger partial charge in [0.1, 0.15) is 6.73 Å². The van der Waals surface area contributed by atoms with E-state index in [1.54, 1.807) is 11.0 Å². The molecule has 0 atom stereocenters.